The molecular weight excluding hydrogens is 414 g/mol. The van der Waals surface area contributed by atoms with Crippen molar-refractivity contribution < 1.29 is 39.4 Å². The Morgan fingerprint density at radius 2 is 1.39 bits per heavy atom. The molecule has 2 heterocycles. The van der Waals surface area contributed by atoms with Crippen LogP contribution in [0, 0.1) is 0 Å². The third-order valence-electron chi connectivity index (χ3n) is 6.34. The third-order valence-corrected chi connectivity index (χ3v) is 6.34. The molecule has 3 rings (SSSR count). The zero-order valence-corrected chi connectivity index (χ0v) is 17.3. The molecule has 0 aromatic heterocycles. The molecular formula is C18H37N5O8. The van der Waals surface area contributed by atoms with E-state index >= 15 is 0 Å². The van der Waals surface area contributed by atoms with E-state index in [0.29, 0.717) is 19.4 Å². The average Bonchev–Trinajstić information content (AvgIpc) is 2.75. The Morgan fingerprint density at radius 1 is 0.774 bits per heavy atom. The predicted molar refractivity (Wildman–Crippen MR) is 107 cm³/mol. The largest absolute Gasteiger partial charge is 0.394 e. The summed E-state index contributed by atoms with van der Waals surface area (Å²) in [4.78, 5) is 0. The summed E-state index contributed by atoms with van der Waals surface area (Å²) < 4.78 is 23.0. The van der Waals surface area contributed by atoms with Gasteiger partial charge < -0.3 is 68.0 Å². The molecule has 13 nitrogen and oxygen atoms in total. The molecule has 0 bridgehead atoms. The van der Waals surface area contributed by atoms with Crippen molar-refractivity contribution in [1.82, 2.24) is 0 Å². The zero-order valence-electron chi connectivity index (χ0n) is 17.3. The first-order valence-electron chi connectivity index (χ1n) is 10.7. The topological polar surface area (TPSA) is 248 Å². The smallest absolute Gasteiger partial charge is 0.186 e. The molecule has 1 saturated carbocycles. The van der Waals surface area contributed by atoms with Crippen LogP contribution < -0.4 is 28.7 Å². The van der Waals surface area contributed by atoms with Gasteiger partial charge in [-0.25, -0.2) is 0 Å². The SMILES string of the molecule is NC[C@@H]1CC[C@@H](N)[C@@H](O[C@H]2[C@H](O)[C@@H](OC3O[C@H](CO)[C@@H](O)[C@H](N)[C@H]3O)[C@H](N)C[C@@H]2N)O1. The van der Waals surface area contributed by atoms with Crippen molar-refractivity contribution in [2.75, 3.05) is 13.2 Å². The minimum atomic E-state index is -1.41. The van der Waals surface area contributed by atoms with Gasteiger partial charge in [0.25, 0.3) is 0 Å². The highest BCUT2D eigenvalue weighted by Gasteiger charge is 2.49. The highest BCUT2D eigenvalue weighted by atomic mass is 16.7. The van der Waals surface area contributed by atoms with E-state index in [4.69, 9.17) is 47.6 Å². The van der Waals surface area contributed by atoms with Crippen LogP contribution in [-0.4, -0.2) is 113 Å². The summed E-state index contributed by atoms with van der Waals surface area (Å²) in [6, 6.07) is -2.85. The molecule has 13 heteroatoms. The number of aliphatic hydroxyl groups is 4. The summed E-state index contributed by atoms with van der Waals surface area (Å²) in [5, 5.41) is 40.7. The van der Waals surface area contributed by atoms with Crippen LogP contribution in [0.5, 0.6) is 0 Å². The summed E-state index contributed by atoms with van der Waals surface area (Å²) in [7, 11) is 0. The van der Waals surface area contributed by atoms with Gasteiger partial charge >= 0.3 is 0 Å². The Bertz CT molecular complexity index is 577. The highest BCUT2D eigenvalue weighted by molar-refractivity contribution is 5.00. The first kappa shape index (κ1) is 25.1. The van der Waals surface area contributed by atoms with Crippen LogP contribution in [0.1, 0.15) is 19.3 Å². The molecule has 0 aromatic carbocycles. The van der Waals surface area contributed by atoms with Crippen LogP contribution in [0.4, 0.5) is 0 Å². The molecule has 0 spiro atoms. The molecule has 1 aliphatic carbocycles. The van der Waals surface area contributed by atoms with E-state index in [-0.39, 0.29) is 12.5 Å². The van der Waals surface area contributed by atoms with Crippen LogP contribution >= 0.6 is 0 Å². The third kappa shape index (κ3) is 5.35. The van der Waals surface area contributed by atoms with Crippen LogP contribution in [0.15, 0.2) is 0 Å². The summed E-state index contributed by atoms with van der Waals surface area (Å²) in [5.74, 6) is 0. The van der Waals surface area contributed by atoms with Crippen molar-refractivity contribution in [3.05, 3.63) is 0 Å². The fourth-order valence-corrected chi connectivity index (χ4v) is 4.36. The second-order valence-corrected chi connectivity index (χ2v) is 8.64. The van der Waals surface area contributed by atoms with Crippen molar-refractivity contribution in [1.29, 1.82) is 0 Å². The molecule has 13 atom stereocenters. The van der Waals surface area contributed by atoms with Gasteiger partial charge in [0.05, 0.1) is 24.8 Å². The van der Waals surface area contributed by atoms with Gasteiger partial charge in [-0.1, -0.05) is 0 Å². The molecule has 182 valence electrons. The van der Waals surface area contributed by atoms with Crippen LogP contribution in [0.25, 0.3) is 0 Å². The first-order valence-corrected chi connectivity index (χ1v) is 10.7. The standard InChI is InChI=1S/C18H37N5O8/c19-4-6-1-2-7(20)17(28-6)30-15-8(21)3-9(22)16(14(15)27)31-18-13(26)11(23)12(25)10(5-24)29-18/h6-18,24-27H,1-5,19-23H2/t6-,7+,8-,9+,10+,11-,12+,13+,14-,15+,16-,17+,18?/m0/s1. The van der Waals surface area contributed by atoms with Gasteiger partial charge in [-0.3, -0.25) is 0 Å². The van der Waals surface area contributed by atoms with E-state index in [1.54, 1.807) is 0 Å². The number of ether oxygens (including phenoxy) is 4. The lowest BCUT2D eigenvalue weighted by Crippen LogP contribution is -2.68. The highest BCUT2D eigenvalue weighted by Crippen LogP contribution is 2.30. The predicted octanol–water partition coefficient (Wildman–Crippen LogP) is -5.27. The molecule has 2 saturated heterocycles. The van der Waals surface area contributed by atoms with Crippen LogP contribution in [0.2, 0.25) is 0 Å². The van der Waals surface area contributed by atoms with Gasteiger partial charge in [0, 0.05) is 18.6 Å². The van der Waals surface area contributed by atoms with Gasteiger partial charge in [0.2, 0.25) is 0 Å². The van der Waals surface area contributed by atoms with Gasteiger partial charge in [0.1, 0.15) is 36.6 Å². The Hall–Kier alpha value is -0.520. The molecule has 0 radical (unpaired) electrons. The molecule has 0 amide bonds. The maximum atomic E-state index is 11.0. The fourth-order valence-electron chi connectivity index (χ4n) is 4.36. The molecule has 3 fully saturated rings. The molecule has 1 unspecified atom stereocenters. The lowest BCUT2D eigenvalue weighted by molar-refractivity contribution is -0.313. The second-order valence-electron chi connectivity index (χ2n) is 8.64. The Morgan fingerprint density at radius 3 is 1.97 bits per heavy atom. The van der Waals surface area contributed by atoms with E-state index < -0.39 is 80.0 Å². The van der Waals surface area contributed by atoms with Crippen molar-refractivity contribution in [3.63, 3.8) is 0 Å². The van der Waals surface area contributed by atoms with E-state index in [1.165, 1.54) is 0 Å². The lowest BCUT2D eigenvalue weighted by Gasteiger charge is -2.47. The van der Waals surface area contributed by atoms with Gasteiger partial charge in [-0.2, -0.15) is 0 Å². The van der Waals surface area contributed by atoms with Crippen molar-refractivity contribution in [2.45, 2.75) is 98.7 Å². The van der Waals surface area contributed by atoms with E-state index in [1.807, 2.05) is 0 Å². The maximum Gasteiger partial charge on any atom is 0.186 e. The summed E-state index contributed by atoms with van der Waals surface area (Å²) in [6.07, 6.45) is -7.72. The van der Waals surface area contributed by atoms with Gasteiger partial charge in [-0.05, 0) is 19.3 Å². The summed E-state index contributed by atoms with van der Waals surface area (Å²) >= 11 is 0. The first-order chi connectivity index (χ1) is 14.7. The number of rotatable bonds is 6. The minimum absolute atomic E-state index is 0.204. The Balaban J connectivity index is 1.69. The molecule has 0 aromatic rings. The molecule has 14 N–H and O–H groups in total. The minimum Gasteiger partial charge on any atom is -0.394 e. The summed E-state index contributed by atoms with van der Waals surface area (Å²) in [5.41, 5.74) is 30.0. The second kappa shape index (κ2) is 10.6. The Kier molecular flexibility index (Phi) is 8.59. The lowest BCUT2D eigenvalue weighted by atomic mass is 9.84. The van der Waals surface area contributed by atoms with Gasteiger partial charge in [-0.15, -0.1) is 0 Å². The van der Waals surface area contributed by atoms with Crippen molar-refractivity contribution >= 4 is 0 Å². The summed E-state index contributed by atoms with van der Waals surface area (Å²) in [6.45, 7) is -0.214. The van der Waals surface area contributed by atoms with E-state index in [9.17, 15) is 20.4 Å². The number of hydrogen-bond acceptors (Lipinski definition) is 13. The molecule has 3 aliphatic rings. The van der Waals surface area contributed by atoms with Gasteiger partial charge in [0.15, 0.2) is 12.6 Å². The van der Waals surface area contributed by atoms with Crippen LogP contribution in [0.3, 0.4) is 0 Å². The average molecular weight is 452 g/mol. The quantitative estimate of drug-likeness (QED) is 0.183. The molecule has 31 heavy (non-hydrogen) atoms. The zero-order chi connectivity index (χ0) is 22.9. The number of nitrogens with two attached hydrogens (primary N) is 5. The number of aliphatic hydroxyl groups excluding tert-OH is 4. The van der Waals surface area contributed by atoms with Crippen LogP contribution in [-0.2, 0) is 18.9 Å². The van der Waals surface area contributed by atoms with E-state index in [0.717, 1.165) is 0 Å². The molecule has 2 aliphatic heterocycles. The van der Waals surface area contributed by atoms with E-state index in [2.05, 4.69) is 0 Å². The monoisotopic (exact) mass is 451 g/mol. The normalized spacial score (nSPS) is 51.6. The van der Waals surface area contributed by atoms with Crippen molar-refractivity contribution in [3.8, 4) is 0 Å². The van der Waals surface area contributed by atoms with Crippen molar-refractivity contribution in [2.24, 2.45) is 28.7 Å². The Labute approximate surface area is 180 Å². The maximum absolute atomic E-state index is 11.0. The number of hydrogen-bond donors (Lipinski definition) is 9. The fraction of sp³-hybridized carbons (Fsp3) is 1.00.